The summed E-state index contributed by atoms with van der Waals surface area (Å²) in [6.45, 7) is 0.577. The van der Waals surface area contributed by atoms with Gasteiger partial charge in [-0.1, -0.05) is 48.5 Å². The molecule has 0 fully saturated rings. The summed E-state index contributed by atoms with van der Waals surface area (Å²) in [6.07, 6.45) is 2.59. The van der Waals surface area contributed by atoms with Crippen LogP contribution in [-0.4, -0.2) is 11.3 Å². The minimum atomic E-state index is 0.577. The summed E-state index contributed by atoms with van der Waals surface area (Å²) < 4.78 is 1.69. The number of hydrogen-bond acceptors (Lipinski definition) is 2. The lowest BCUT2D eigenvalue weighted by atomic mass is 10.2. The monoisotopic (exact) mass is 262 g/mol. The first kappa shape index (κ1) is 12.3. The Kier molecular flexibility index (Phi) is 3.38. The van der Waals surface area contributed by atoms with Gasteiger partial charge >= 0.3 is 0 Å². The largest absolute Gasteiger partial charge is 0.413 e. The van der Waals surface area contributed by atoms with E-state index < -0.39 is 0 Å². The van der Waals surface area contributed by atoms with Crippen molar-refractivity contribution in [3.8, 4) is 6.07 Å². The van der Waals surface area contributed by atoms with Gasteiger partial charge in [0, 0.05) is 11.8 Å². The second-order valence-corrected chi connectivity index (χ2v) is 4.57. The molecule has 0 N–H and O–H groups in total. The third-order valence-corrected chi connectivity index (χ3v) is 3.26. The Morgan fingerprint density at radius 1 is 1.00 bits per heavy atom. The summed E-state index contributed by atoms with van der Waals surface area (Å²) in [6, 6.07) is 20.2. The molecule has 2 aromatic carbocycles. The normalized spacial score (nSPS) is 10.3. The van der Waals surface area contributed by atoms with Gasteiger partial charge in [0.15, 0.2) is 0 Å². The van der Waals surface area contributed by atoms with E-state index >= 15 is 0 Å². The van der Waals surface area contributed by atoms with Crippen LogP contribution in [0.2, 0.25) is 0 Å². The molecule has 0 bridgehead atoms. The summed E-state index contributed by atoms with van der Waals surface area (Å²) in [5, 5.41) is 10.1. The SMILES string of the molecule is N#Cc1cn(OCCc2ccccc2)c2ccccc12. The highest BCUT2D eigenvalue weighted by Gasteiger charge is 2.07. The fourth-order valence-electron chi connectivity index (χ4n) is 2.25. The highest BCUT2D eigenvalue weighted by atomic mass is 16.7. The molecule has 3 nitrogen and oxygen atoms in total. The molecule has 0 atom stereocenters. The van der Waals surface area contributed by atoms with Gasteiger partial charge in [0.25, 0.3) is 0 Å². The van der Waals surface area contributed by atoms with Gasteiger partial charge in [-0.2, -0.15) is 9.99 Å². The number of fused-ring (bicyclic) bond motifs is 1. The van der Waals surface area contributed by atoms with Crippen LogP contribution in [0.1, 0.15) is 11.1 Å². The number of hydrogen-bond donors (Lipinski definition) is 0. The van der Waals surface area contributed by atoms with E-state index in [1.165, 1.54) is 5.56 Å². The molecule has 3 aromatic rings. The Balaban J connectivity index is 1.77. The Labute approximate surface area is 117 Å². The average Bonchev–Trinajstić information content (AvgIpc) is 2.87. The van der Waals surface area contributed by atoms with Crippen molar-refractivity contribution in [2.75, 3.05) is 6.61 Å². The molecule has 3 rings (SSSR count). The number of nitriles is 1. The van der Waals surface area contributed by atoms with E-state index in [0.29, 0.717) is 12.2 Å². The zero-order valence-electron chi connectivity index (χ0n) is 11.0. The van der Waals surface area contributed by atoms with Crippen LogP contribution in [-0.2, 0) is 6.42 Å². The third-order valence-electron chi connectivity index (χ3n) is 3.26. The quantitative estimate of drug-likeness (QED) is 0.724. The van der Waals surface area contributed by atoms with Crippen molar-refractivity contribution in [1.82, 2.24) is 4.73 Å². The van der Waals surface area contributed by atoms with Crippen LogP contribution < -0.4 is 4.84 Å². The minimum Gasteiger partial charge on any atom is -0.413 e. The average molecular weight is 262 g/mol. The summed E-state index contributed by atoms with van der Waals surface area (Å²) in [4.78, 5) is 5.77. The Hall–Kier alpha value is -2.73. The summed E-state index contributed by atoms with van der Waals surface area (Å²) in [5.41, 5.74) is 2.81. The van der Waals surface area contributed by atoms with Crippen LogP contribution >= 0.6 is 0 Å². The molecule has 0 spiro atoms. The summed E-state index contributed by atoms with van der Waals surface area (Å²) in [7, 11) is 0. The zero-order chi connectivity index (χ0) is 13.8. The Morgan fingerprint density at radius 3 is 2.55 bits per heavy atom. The number of para-hydroxylation sites is 1. The number of rotatable bonds is 4. The Bertz CT molecular complexity index is 754. The molecule has 20 heavy (non-hydrogen) atoms. The van der Waals surface area contributed by atoms with Gasteiger partial charge < -0.3 is 4.84 Å². The maximum Gasteiger partial charge on any atom is 0.119 e. The first-order valence-electron chi connectivity index (χ1n) is 6.56. The van der Waals surface area contributed by atoms with Crippen molar-refractivity contribution < 1.29 is 4.84 Å². The molecule has 3 heteroatoms. The molecule has 0 saturated carbocycles. The predicted molar refractivity (Wildman–Crippen MR) is 78.2 cm³/mol. The van der Waals surface area contributed by atoms with Crippen LogP contribution in [0.15, 0.2) is 60.8 Å². The van der Waals surface area contributed by atoms with Gasteiger partial charge in [-0.3, -0.25) is 0 Å². The molecule has 0 aliphatic rings. The van der Waals surface area contributed by atoms with Crippen molar-refractivity contribution in [2.45, 2.75) is 6.42 Å². The molecular formula is C17H14N2O. The van der Waals surface area contributed by atoms with E-state index in [1.54, 1.807) is 10.9 Å². The number of aromatic nitrogens is 1. The van der Waals surface area contributed by atoms with Crippen LogP contribution in [0.5, 0.6) is 0 Å². The van der Waals surface area contributed by atoms with Gasteiger partial charge in [-0.15, -0.1) is 0 Å². The van der Waals surface area contributed by atoms with Crippen molar-refractivity contribution in [2.24, 2.45) is 0 Å². The second kappa shape index (κ2) is 5.50. The molecule has 0 unspecified atom stereocenters. The maximum absolute atomic E-state index is 9.13. The first-order chi connectivity index (χ1) is 9.88. The standard InChI is InChI=1S/C17H14N2O/c18-12-15-13-19(17-9-5-4-8-16(15)17)20-11-10-14-6-2-1-3-7-14/h1-9,13H,10-11H2. The minimum absolute atomic E-state index is 0.577. The van der Waals surface area contributed by atoms with Crippen LogP contribution in [0, 0.1) is 11.3 Å². The fraction of sp³-hybridized carbons (Fsp3) is 0.118. The van der Waals surface area contributed by atoms with E-state index in [9.17, 15) is 0 Å². The van der Waals surface area contributed by atoms with Crippen molar-refractivity contribution in [1.29, 1.82) is 5.26 Å². The summed E-state index contributed by atoms with van der Waals surface area (Å²) in [5.74, 6) is 0. The number of nitrogens with zero attached hydrogens (tertiary/aromatic N) is 2. The molecule has 1 aromatic heterocycles. The van der Waals surface area contributed by atoms with E-state index in [1.807, 2.05) is 42.5 Å². The van der Waals surface area contributed by atoms with Gasteiger partial charge in [-0.25, -0.2) is 0 Å². The second-order valence-electron chi connectivity index (χ2n) is 4.57. The van der Waals surface area contributed by atoms with Crippen LogP contribution in [0.3, 0.4) is 0 Å². The smallest absolute Gasteiger partial charge is 0.119 e. The van der Waals surface area contributed by atoms with Gasteiger partial charge in [0.2, 0.25) is 0 Å². The lowest BCUT2D eigenvalue weighted by Gasteiger charge is -2.08. The predicted octanol–water partition coefficient (Wildman–Crippen LogP) is 3.18. The van der Waals surface area contributed by atoms with Gasteiger partial charge in [0.05, 0.1) is 17.3 Å². The molecule has 98 valence electrons. The van der Waals surface area contributed by atoms with Crippen LogP contribution in [0.25, 0.3) is 10.9 Å². The molecular weight excluding hydrogens is 248 g/mol. The lowest BCUT2D eigenvalue weighted by molar-refractivity contribution is 0.123. The van der Waals surface area contributed by atoms with Crippen molar-refractivity contribution in [3.63, 3.8) is 0 Å². The molecule has 0 saturated heterocycles. The van der Waals surface area contributed by atoms with E-state index in [0.717, 1.165) is 17.3 Å². The molecule has 0 amide bonds. The molecule has 0 radical (unpaired) electrons. The molecule has 0 aliphatic carbocycles. The zero-order valence-corrected chi connectivity index (χ0v) is 11.0. The topological polar surface area (TPSA) is 38.0 Å². The molecule has 0 aliphatic heterocycles. The number of benzene rings is 2. The van der Waals surface area contributed by atoms with E-state index in [-0.39, 0.29) is 0 Å². The van der Waals surface area contributed by atoms with Gasteiger partial charge in [0.1, 0.15) is 12.7 Å². The van der Waals surface area contributed by atoms with Gasteiger partial charge in [-0.05, 0) is 11.6 Å². The maximum atomic E-state index is 9.13. The lowest BCUT2D eigenvalue weighted by Crippen LogP contribution is -2.13. The van der Waals surface area contributed by atoms with Crippen LogP contribution in [0.4, 0.5) is 0 Å². The van der Waals surface area contributed by atoms with Crippen molar-refractivity contribution >= 4 is 10.9 Å². The molecule has 1 heterocycles. The van der Waals surface area contributed by atoms with E-state index in [4.69, 9.17) is 10.1 Å². The fourth-order valence-corrected chi connectivity index (χ4v) is 2.25. The first-order valence-corrected chi connectivity index (χ1v) is 6.56. The third kappa shape index (κ3) is 2.36. The highest BCUT2D eigenvalue weighted by Crippen LogP contribution is 2.19. The van der Waals surface area contributed by atoms with E-state index in [2.05, 4.69) is 18.2 Å². The summed E-state index contributed by atoms with van der Waals surface area (Å²) >= 11 is 0. The highest BCUT2D eigenvalue weighted by molar-refractivity contribution is 5.85. The van der Waals surface area contributed by atoms with Crippen molar-refractivity contribution in [3.05, 3.63) is 71.9 Å². The Morgan fingerprint density at radius 2 is 1.75 bits per heavy atom.